The summed E-state index contributed by atoms with van der Waals surface area (Å²) in [6, 6.07) is 3.12. The second-order valence-electron chi connectivity index (χ2n) is 6.48. The highest BCUT2D eigenvalue weighted by Crippen LogP contribution is 2.46. The van der Waals surface area contributed by atoms with Crippen LogP contribution in [-0.4, -0.2) is 58.8 Å². The number of nitrogens with one attached hydrogen (secondary N) is 1. The number of hydrogen-bond acceptors (Lipinski definition) is 6. The van der Waals surface area contributed by atoms with Crippen LogP contribution in [0, 0.1) is 0 Å². The van der Waals surface area contributed by atoms with Crippen molar-refractivity contribution in [3.63, 3.8) is 0 Å². The van der Waals surface area contributed by atoms with Gasteiger partial charge in [0, 0.05) is 23.8 Å². The monoisotopic (exact) mass is 395 g/mol. The smallest absolute Gasteiger partial charge is 0.328 e. The van der Waals surface area contributed by atoms with Crippen LogP contribution >= 0.6 is 11.6 Å². The Morgan fingerprint density at radius 3 is 2.56 bits per heavy atom. The Balaban J connectivity index is 2.12. The molecule has 1 saturated heterocycles. The third kappa shape index (κ3) is 3.20. The Bertz CT molecular complexity index is 842. The van der Waals surface area contributed by atoms with Crippen LogP contribution in [0.5, 0.6) is 0 Å². The number of ether oxygens (including phenoxy) is 1. The number of carbonyl (C=O) groups is 3. The summed E-state index contributed by atoms with van der Waals surface area (Å²) >= 11 is 6.03. The molecule has 1 aliphatic heterocycles. The molecule has 4 N–H and O–H groups in total. The van der Waals surface area contributed by atoms with Gasteiger partial charge in [0.25, 0.3) is 5.91 Å². The Kier molecular flexibility index (Phi) is 5.23. The summed E-state index contributed by atoms with van der Waals surface area (Å²) in [4.78, 5) is 37.0. The molecule has 1 heterocycles. The van der Waals surface area contributed by atoms with E-state index in [2.05, 4.69) is 5.32 Å². The molecule has 1 fully saturated rings. The van der Waals surface area contributed by atoms with Crippen LogP contribution in [0.4, 0.5) is 0 Å². The van der Waals surface area contributed by atoms with E-state index in [-0.39, 0.29) is 5.56 Å². The molecule has 144 valence electrons. The van der Waals surface area contributed by atoms with Crippen molar-refractivity contribution in [2.75, 3.05) is 19.8 Å². The van der Waals surface area contributed by atoms with E-state index in [4.69, 9.17) is 26.6 Å². The van der Waals surface area contributed by atoms with Crippen LogP contribution in [0.1, 0.15) is 24.0 Å². The highest BCUT2D eigenvalue weighted by molar-refractivity contribution is 6.32. The predicted octanol–water partition coefficient (Wildman–Crippen LogP) is 0.802. The molecule has 0 saturated carbocycles. The van der Waals surface area contributed by atoms with Crippen molar-refractivity contribution in [2.45, 2.75) is 24.3 Å². The number of ketones is 1. The molecule has 1 aromatic carbocycles. The van der Waals surface area contributed by atoms with Crippen LogP contribution in [0.2, 0.25) is 5.02 Å². The average molecular weight is 396 g/mol. The number of hydrogen-bond donors (Lipinski definition) is 4. The first-order valence-electron chi connectivity index (χ1n) is 8.32. The number of aliphatic hydroxyl groups excluding tert-OH is 2. The molecule has 8 nitrogen and oxygen atoms in total. The van der Waals surface area contributed by atoms with Gasteiger partial charge in [0.1, 0.15) is 11.3 Å². The van der Waals surface area contributed by atoms with Gasteiger partial charge >= 0.3 is 5.97 Å². The van der Waals surface area contributed by atoms with Gasteiger partial charge < -0.3 is 25.4 Å². The van der Waals surface area contributed by atoms with Gasteiger partial charge in [0.05, 0.1) is 12.0 Å². The zero-order valence-electron chi connectivity index (χ0n) is 14.2. The van der Waals surface area contributed by atoms with Crippen molar-refractivity contribution in [3.8, 4) is 0 Å². The lowest BCUT2D eigenvalue weighted by atomic mass is 9.64. The zero-order valence-corrected chi connectivity index (χ0v) is 15.0. The van der Waals surface area contributed by atoms with Crippen molar-refractivity contribution in [3.05, 3.63) is 39.9 Å². The van der Waals surface area contributed by atoms with Gasteiger partial charge in [-0.1, -0.05) is 17.7 Å². The third-order valence-electron chi connectivity index (χ3n) is 5.01. The van der Waals surface area contributed by atoms with Crippen molar-refractivity contribution in [2.24, 2.45) is 0 Å². The van der Waals surface area contributed by atoms with E-state index >= 15 is 0 Å². The Morgan fingerprint density at radius 1 is 1.30 bits per heavy atom. The quantitative estimate of drug-likeness (QED) is 0.554. The standard InChI is InChI=1S/C18H18ClNO7/c19-9-1-2-11-10(7-9)14(22)13(16(24)20-12(8-21)17(25)26)15(23)18(11)3-5-27-6-4-18/h1-2,7,12,21-22H,3-6,8H2,(H,20,24)(H,25,26)/t12-/m0/s1. The number of amides is 1. The zero-order chi connectivity index (χ0) is 19.8. The molecule has 1 amide bonds. The van der Waals surface area contributed by atoms with Crippen molar-refractivity contribution in [1.29, 1.82) is 0 Å². The van der Waals surface area contributed by atoms with Crippen LogP contribution in [0.3, 0.4) is 0 Å². The van der Waals surface area contributed by atoms with E-state index in [0.29, 0.717) is 36.6 Å². The van der Waals surface area contributed by atoms with Crippen molar-refractivity contribution < 1.29 is 34.4 Å². The molecular weight excluding hydrogens is 378 g/mol. The number of fused-ring (bicyclic) bond motifs is 2. The third-order valence-corrected chi connectivity index (χ3v) is 5.25. The van der Waals surface area contributed by atoms with Crippen LogP contribution < -0.4 is 5.32 Å². The lowest BCUT2D eigenvalue weighted by molar-refractivity contribution is -0.143. The number of halogens is 1. The van der Waals surface area contributed by atoms with E-state index in [0.717, 1.165) is 0 Å². The number of aliphatic hydroxyl groups is 2. The maximum absolute atomic E-state index is 13.3. The molecule has 0 radical (unpaired) electrons. The summed E-state index contributed by atoms with van der Waals surface area (Å²) in [7, 11) is 0. The maximum Gasteiger partial charge on any atom is 0.328 e. The Morgan fingerprint density at radius 2 is 1.96 bits per heavy atom. The maximum atomic E-state index is 13.3. The first kappa shape index (κ1) is 19.3. The number of Topliss-reactive ketones (excluding diaryl/α,β-unsaturated/α-hetero) is 1. The van der Waals surface area contributed by atoms with Gasteiger partial charge in [-0.15, -0.1) is 0 Å². The average Bonchev–Trinajstić information content (AvgIpc) is 2.65. The van der Waals surface area contributed by atoms with Crippen molar-refractivity contribution >= 4 is 35.0 Å². The molecule has 1 aromatic rings. The summed E-state index contributed by atoms with van der Waals surface area (Å²) in [5.74, 6) is -3.68. The number of carboxylic acids is 1. The summed E-state index contributed by atoms with van der Waals surface area (Å²) in [5, 5.41) is 31.1. The molecule has 9 heteroatoms. The lowest BCUT2D eigenvalue weighted by Crippen LogP contribution is -2.50. The molecule has 0 bridgehead atoms. The van der Waals surface area contributed by atoms with Gasteiger partial charge in [0.15, 0.2) is 11.8 Å². The van der Waals surface area contributed by atoms with Gasteiger partial charge in [-0.05, 0) is 30.5 Å². The second kappa shape index (κ2) is 7.30. The largest absolute Gasteiger partial charge is 0.506 e. The van der Waals surface area contributed by atoms with Gasteiger partial charge in [-0.3, -0.25) is 9.59 Å². The number of carbonyl (C=O) groups excluding carboxylic acids is 2. The molecule has 1 aliphatic carbocycles. The Labute approximate surface area is 159 Å². The van der Waals surface area contributed by atoms with Crippen LogP contribution in [0.15, 0.2) is 23.8 Å². The molecule has 0 unspecified atom stereocenters. The molecule has 1 spiro atoms. The molecule has 0 aromatic heterocycles. The molecule has 1 atom stereocenters. The normalized spacial score (nSPS) is 19.6. The second-order valence-corrected chi connectivity index (χ2v) is 6.92. The van der Waals surface area contributed by atoms with Crippen LogP contribution in [-0.2, 0) is 24.5 Å². The van der Waals surface area contributed by atoms with Gasteiger partial charge in [-0.25, -0.2) is 4.79 Å². The van der Waals surface area contributed by atoms with Gasteiger partial charge in [-0.2, -0.15) is 0 Å². The summed E-state index contributed by atoms with van der Waals surface area (Å²) in [5.41, 5.74) is -0.780. The van der Waals surface area contributed by atoms with E-state index < -0.39 is 47.1 Å². The fourth-order valence-electron chi connectivity index (χ4n) is 3.58. The van der Waals surface area contributed by atoms with Crippen LogP contribution in [0.25, 0.3) is 5.76 Å². The molecular formula is C18H18ClNO7. The number of benzene rings is 1. The highest BCUT2D eigenvalue weighted by Gasteiger charge is 2.50. The minimum atomic E-state index is -1.60. The lowest BCUT2D eigenvalue weighted by Gasteiger charge is -2.40. The first-order chi connectivity index (χ1) is 12.8. The van der Waals surface area contributed by atoms with E-state index in [1.807, 2.05) is 0 Å². The number of aliphatic carboxylic acids is 1. The Hall–Kier alpha value is -2.42. The molecule has 3 rings (SSSR count). The minimum Gasteiger partial charge on any atom is -0.506 e. The highest BCUT2D eigenvalue weighted by atomic mass is 35.5. The first-order valence-corrected chi connectivity index (χ1v) is 8.70. The van der Waals surface area contributed by atoms with E-state index in [1.54, 1.807) is 12.1 Å². The van der Waals surface area contributed by atoms with E-state index in [9.17, 15) is 19.5 Å². The SMILES string of the molecule is O=C(N[C@@H](CO)C(=O)O)C1=C(O)c2cc(Cl)ccc2C2(CCOCC2)C1=O. The van der Waals surface area contributed by atoms with E-state index in [1.165, 1.54) is 6.07 Å². The summed E-state index contributed by atoms with van der Waals surface area (Å²) in [6.45, 7) is -0.250. The topological polar surface area (TPSA) is 133 Å². The molecule has 2 aliphatic rings. The molecule has 27 heavy (non-hydrogen) atoms. The fourth-order valence-corrected chi connectivity index (χ4v) is 3.75. The fraction of sp³-hybridized carbons (Fsp3) is 0.389. The number of carboxylic acid groups (broad SMARTS) is 1. The van der Waals surface area contributed by atoms with Gasteiger partial charge in [0.2, 0.25) is 0 Å². The summed E-state index contributed by atoms with van der Waals surface area (Å²) < 4.78 is 5.35. The van der Waals surface area contributed by atoms with Crippen molar-refractivity contribution in [1.82, 2.24) is 5.32 Å². The number of rotatable bonds is 4. The predicted molar refractivity (Wildman–Crippen MR) is 94.4 cm³/mol. The summed E-state index contributed by atoms with van der Waals surface area (Å²) in [6.07, 6.45) is 0.625. The minimum absolute atomic E-state index is 0.255.